The van der Waals surface area contributed by atoms with Crippen LogP contribution in [0.2, 0.25) is 10.3 Å². The number of aryl methyl sites for hydroxylation is 3. The molecule has 0 bridgehead atoms. The van der Waals surface area contributed by atoms with Crippen LogP contribution in [0.5, 0.6) is 0 Å². The van der Waals surface area contributed by atoms with Crippen LogP contribution in [0.3, 0.4) is 0 Å². The van der Waals surface area contributed by atoms with Crippen molar-refractivity contribution in [1.29, 1.82) is 0 Å². The Labute approximate surface area is 198 Å². The molecule has 4 heteroatoms. The number of aromatic nitrogens is 2. The van der Waals surface area contributed by atoms with Crippen LogP contribution >= 0.6 is 23.2 Å². The Kier molecular flexibility index (Phi) is 10.2. The van der Waals surface area contributed by atoms with Gasteiger partial charge in [0.1, 0.15) is 0 Å². The van der Waals surface area contributed by atoms with Gasteiger partial charge >= 0.3 is 0 Å². The van der Waals surface area contributed by atoms with E-state index in [2.05, 4.69) is 64.8 Å². The molecule has 0 spiro atoms. The second kappa shape index (κ2) is 13.1. The van der Waals surface area contributed by atoms with Gasteiger partial charge in [-0.05, 0) is 52.4 Å². The highest BCUT2D eigenvalue weighted by molar-refractivity contribution is 6.39. The number of halogens is 2. The summed E-state index contributed by atoms with van der Waals surface area (Å²) in [5, 5.41) is 3.88. The van der Waals surface area contributed by atoms with E-state index in [0.717, 1.165) is 25.9 Å². The number of benzene rings is 2. The lowest BCUT2D eigenvalue weighted by Crippen LogP contribution is -2.32. The molecule has 3 aromatic rings. The summed E-state index contributed by atoms with van der Waals surface area (Å²) in [4.78, 5) is 0. The van der Waals surface area contributed by atoms with Crippen LogP contribution in [0.1, 0.15) is 76.7 Å². The van der Waals surface area contributed by atoms with Gasteiger partial charge in [0, 0.05) is 6.42 Å². The first-order valence-electron chi connectivity index (χ1n) is 12.1. The normalized spacial score (nSPS) is 11.5. The van der Waals surface area contributed by atoms with Crippen molar-refractivity contribution < 1.29 is 4.57 Å². The first-order valence-corrected chi connectivity index (χ1v) is 12.9. The fourth-order valence-corrected chi connectivity index (χ4v) is 4.71. The Morgan fingerprint density at radius 2 is 1.42 bits per heavy atom. The average molecular weight is 461 g/mol. The zero-order valence-corrected chi connectivity index (χ0v) is 20.5. The Morgan fingerprint density at radius 1 is 0.774 bits per heavy atom. The van der Waals surface area contributed by atoms with Crippen LogP contribution in [0, 0.1) is 0 Å². The molecule has 1 aromatic heterocycles. The largest absolute Gasteiger partial charge is 0.255 e. The third-order valence-corrected chi connectivity index (χ3v) is 7.05. The third-order valence-electron chi connectivity index (χ3n) is 6.16. The van der Waals surface area contributed by atoms with E-state index >= 15 is 0 Å². The average Bonchev–Trinajstić information content (AvgIpc) is 3.06. The number of unbranched alkanes of at least 4 members (excludes halogenated alkanes) is 9. The highest BCUT2D eigenvalue weighted by Gasteiger charge is 2.19. The molecule has 2 aromatic carbocycles. The maximum absolute atomic E-state index is 6.52. The van der Waals surface area contributed by atoms with Gasteiger partial charge in [-0.1, -0.05) is 101 Å². The first-order chi connectivity index (χ1) is 15.2. The highest BCUT2D eigenvalue weighted by atomic mass is 35.5. The van der Waals surface area contributed by atoms with Crippen molar-refractivity contribution in [3.8, 4) is 0 Å². The number of hydrogen-bond acceptors (Lipinski definition) is 0. The lowest BCUT2D eigenvalue weighted by atomic mass is 10.1. The maximum Gasteiger partial charge on any atom is 0.255 e. The van der Waals surface area contributed by atoms with Crippen molar-refractivity contribution in [2.75, 3.05) is 0 Å². The molecule has 0 atom stereocenters. The summed E-state index contributed by atoms with van der Waals surface area (Å²) in [6.45, 7) is 4.05. The van der Waals surface area contributed by atoms with E-state index in [4.69, 9.17) is 23.2 Å². The van der Waals surface area contributed by atoms with Crippen LogP contribution in [-0.2, 0) is 19.5 Å². The Balaban J connectivity index is 1.40. The second-order valence-corrected chi connectivity index (χ2v) is 9.41. The van der Waals surface area contributed by atoms with E-state index in [1.807, 2.05) is 0 Å². The zero-order valence-electron chi connectivity index (χ0n) is 19.0. The molecular weight excluding hydrogens is 423 g/mol. The van der Waals surface area contributed by atoms with Gasteiger partial charge in [-0.25, -0.2) is 9.13 Å². The monoisotopic (exact) mass is 459 g/mol. The van der Waals surface area contributed by atoms with Gasteiger partial charge in [-0.15, -0.1) is 0 Å². The second-order valence-electron chi connectivity index (χ2n) is 8.70. The van der Waals surface area contributed by atoms with Gasteiger partial charge in [-0.3, -0.25) is 0 Å². The van der Waals surface area contributed by atoms with Crippen LogP contribution in [-0.4, -0.2) is 4.57 Å². The molecule has 2 nitrogen and oxygen atoms in total. The number of rotatable bonds is 14. The van der Waals surface area contributed by atoms with Gasteiger partial charge < -0.3 is 0 Å². The molecule has 0 N–H and O–H groups in total. The highest BCUT2D eigenvalue weighted by Crippen LogP contribution is 2.21. The Hall–Kier alpha value is -1.51. The minimum atomic E-state index is 0.648. The molecule has 0 aliphatic carbocycles. The molecule has 0 aliphatic heterocycles. The lowest BCUT2D eigenvalue weighted by molar-refractivity contribution is -0.694. The maximum atomic E-state index is 6.52. The predicted octanol–water partition coefficient (Wildman–Crippen LogP) is 8.40. The minimum absolute atomic E-state index is 0.648. The molecule has 1 heterocycles. The van der Waals surface area contributed by atoms with E-state index in [9.17, 15) is 0 Å². The molecular formula is C27H37Cl2N2+. The molecule has 0 aliphatic rings. The standard InChI is InChI=1S/C27H37Cl2N2/c1-2-3-4-5-6-7-8-9-10-13-19-30-22-31(27(29)26(30)28)20-18-23-16-17-24-14-11-12-15-25(24)21-23/h11-12,14-17,21-22H,2-10,13,18-20H2,1H3/q+1. The summed E-state index contributed by atoms with van der Waals surface area (Å²) >= 11 is 13.0. The van der Waals surface area contributed by atoms with E-state index in [1.165, 1.54) is 74.1 Å². The van der Waals surface area contributed by atoms with E-state index in [1.54, 1.807) is 0 Å². The van der Waals surface area contributed by atoms with Crippen molar-refractivity contribution in [3.63, 3.8) is 0 Å². The van der Waals surface area contributed by atoms with Gasteiger partial charge in [0.2, 0.25) is 6.33 Å². The summed E-state index contributed by atoms with van der Waals surface area (Å²) in [6, 6.07) is 15.2. The first kappa shape index (κ1) is 24.1. The molecule has 0 fully saturated rings. The summed E-state index contributed by atoms with van der Waals surface area (Å²) in [5.74, 6) is 0. The van der Waals surface area contributed by atoms with Crippen molar-refractivity contribution in [2.45, 2.75) is 90.6 Å². The van der Waals surface area contributed by atoms with E-state index in [-0.39, 0.29) is 0 Å². The zero-order chi connectivity index (χ0) is 21.9. The summed E-state index contributed by atoms with van der Waals surface area (Å²) in [5.41, 5.74) is 1.32. The van der Waals surface area contributed by atoms with Crippen LogP contribution in [0.4, 0.5) is 0 Å². The number of nitrogens with zero attached hydrogens (tertiary/aromatic N) is 2. The smallest absolute Gasteiger partial charge is 0.219 e. The van der Waals surface area contributed by atoms with E-state index < -0.39 is 0 Å². The molecule has 0 amide bonds. The summed E-state index contributed by atoms with van der Waals surface area (Å²) in [6.07, 6.45) is 16.4. The molecule has 0 unspecified atom stereocenters. The molecule has 3 rings (SSSR count). The molecule has 0 saturated carbocycles. The van der Waals surface area contributed by atoms with Crippen LogP contribution in [0.25, 0.3) is 10.8 Å². The van der Waals surface area contributed by atoms with E-state index in [0.29, 0.717) is 10.3 Å². The van der Waals surface area contributed by atoms with Gasteiger partial charge in [-0.2, -0.15) is 0 Å². The van der Waals surface area contributed by atoms with Crippen LogP contribution in [0.15, 0.2) is 48.8 Å². The SMILES string of the molecule is CCCCCCCCCCCC[n+]1cn(CCc2ccc3ccccc3c2)c(Cl)c1Cl. The molecule has 0 radical (unpaired) electrons. The van der Waals surface area contributed by atoms with Crippen molar-refractivity contribution in [3.05, 3.63) is 64.7 Å². The predicted molar refractivity (Wildman–Crippen MR) is 134 cm³/mol. The van der Waals surface area contributed by atoms with Crippen molar-refractivity contribution in [2.24, 2.45) is 0 Å². The van der Waals surface area contributed by atoms with Gasteiger partial charge in [0.25, 0.3) is 10.3 Å². The Bertz CT molecular complexity index is 932. The van der Waals surface area contributed by atoms with Gasteiger partial charge in [0.05, 0.1) is 13.1 Å². The topological polar surface area (TPSA) is 8.81 Å². The fraction of sp³-hybridized carbons (Fsp3) is 0.519. The molecule has 31 heavy (non-hydrogen) atoms. The third kappa shape index (κ3) is 7.54. The molecule has 0 saturated heterocycles. The number of fused-ring (bicyclic) bond motifs is 1. The lowest BCUT2D eigenvalue weighted by Gasteiger charge is -2.03. The Morgan fingerprint density at radius 3 is 2.13 bits per heavy atom. The number of hydrogen-bond donors (Lipinski definition) is 0. The van der Waals surface area contributed by atoms with Crippen molar-refractivity contribution >= 4 is 34.0 Å². The fourth-order valence-electron chi connectivity index (χ4n) is 4.23. The minimum Gasteiger partial charge on any atom is -0.219 e. The van der Waals surface area contributed by atoms with Crippen molar-refractivity contribution in [1.82, 2.24) is 4.57 Å². The summed E-state index contributed by atoms with van der Waals surface area (Å²) in [7, 11) is 0. The quantitative estimate of drug-likeness (QED) is 0.169. The van der Waals surface area contributed by atoms with Gasteiger partial charge in [0.15, 0.2) is 0 Å². The number of imidazole rings is 1. The van der Waals surface area contributed by atoms with Crippen LogP contribution < -0.4 is 4.57 Å². The summed E-state index contributed by atoms with van der Waals surface area (Å²) < 4.78 is 4.18. The molecule has 168 valence electrons.